The zero-order chi connectivity index (χ0) is 11.8. The van der Waals surface area contributed by atoms with Gasteiger partial charge < -0.3 is 5.32 Å². The minimum Gasteiger partial charge on any atom is -0.351 e. The van der Waals surface area contributed by atoms with E-state index in [1.807, 2.05) is 11.4 Å². The second kappa shape index (κ2) is 7.85. The van der Waals surface area contributed by atoms with Crippen LogP contribution in [0.2, 0.25) is 0 Å². The molecule has 0 aliphatic carbocycles. The van der Waals surface area contributed by atoms with E-state index in [2.05, 4.69) is 28.2 Å². The summed E-state index contributed by atoms with van der Waals surface area (Å²) in [6.45, 7) is 2.83. The molecule has 16 heavy (non-hydrogen) atoms. The SMILES string of the molecule is CCCCCCC(=O)NCc1cc(Br)cs1. The van der Waals surface area contributed by atoms with Crippen molar-refractivity contribution in [2.24, 2.45) is 0 Å². The zero-order valence-corrected chi connectivity index (χ0v) is 12.0. The van der Waals surface area contributed by atoms with Gasteiger partial charge in [0.05, 0.1) is 6.54 Å². The fourth-order valence-electron chi connectivity index (χ4n) is 1.43. The molecule has 90 valence electrons. The first-order valence-corrected chi connectivity index (χ1v) is 7.39. The minimum absolute atomic E-state index is 0.167. The van der Waals surface area contributed by atoms with E-state index in [0.29, 0.717) is 13.0 Å². The molecule has 1 amide bonds. The molecule has 0 saturated carbocycles. The van der Waals surface area contributed by atoms with Crippen LogP contribution in [0.25, 0.3) is 0 Å². The average Bonchev–Trinajstić information content (AvgIpc) is 2.68. The van der Waals surface area contributed by atoms with Crippen molar-refractivity contribution in [1.29, 1.82) is 0 Å². The molecule has 1 N–H and O–H groups in total. The molecule has 0 unspecified atom stereocenters. The molecule has 0 aliphatic heterocycles. The first-order chi connectivity index (χ1) is 7.72. The van der Waals surface area contributed by atoms with E-state index in [0.717, 1.165) is 17.3 Å². The molecule has 0 atom stereocenters. The third-order valence-corrected chi connectivity index (χ3v) is 4.04. The first-order valence-electron chi connectivity index (χ1n) is 5.72. The smallest absolute Gasteiger partial charge is 0.220 e. The lowest BCUT2D eigenvalue weighted by Crippen LogP contribution is -2.21. The van der Waals surface area contributed by atoms with Crippen LogP contribution in [-0.2, 0) is 11.3 Å². The van der Waals surface area contributed by atoms with E-state index in [1.54, 1.807) is 11.3 Å². The molecular formula is C12H18BrNOS. The topological polar surface area (TPSA) is 29.1 Å². The van der Waals surface area contributed by atoms with Crippen LogP contribution in [0.1, 0.15) is 43.9 Å². The Morgan fingerprint density at radius 2 is 2.25 bits per heavy atom. The number of carbonyl (C=O) groups is 1. The van der Waals surface area contributed by atoms with Crippen molar-refractivity contribution in [2.75, 3.05) is 0 Å². The Morgan fingerprint density at radius 1 is 1.44 bits per heavy atom. The summed E-state index contributed by atoms with van der Waals surface area (Å²) in [7, 11) is 0. The summed E-state index contributed by atoms with van der Waals surface area (Å²) in [5.41, 5.74) is 0. The van der Waals surface area contributed by atoms with Crippen LogP contribution in [0.5, 0.6) is 0 Å². The maximum atomic E-state index is 11.5. The molecule has 2 nitrogen and oxygen atoms in total. The zero-order valence-electron chi connectivity index (χ0n) is 9.59. The molecular weight excluding hydrogens is 286 g/mol. The molecule has 1 aromatic heterocycles. The number of carbonyl (C=O) groups excluding carboxylic acids is 1. The van der Waals surface area contributed by atoms with Gasteiger partial charge >= 0.3 is 0 Å². The number of rotatable bonds is 7. The quantitative estimate of drug-likeness (QED) is 0.755. The molecule has 0 fully saturated rings. The van der Waals surface area contributed by atoms with Gasteiger partial charge in [-0.2, -0.15) is 0 Å². The molecule has 0 bridgehead atoms. The predicted octanol–water partition coefficient (Wildman–Crippen LogP) is 4.10. The van der Waals surface area contributed by atoms with Gasteiger partial charge in [0.25, 0.3) is 0 Å². The van der Waals surface area contributed by atoms with Gasteiger partial charge in [0.1, 0.15) is 0 Å². The van der Waals surface area contributed by atoms with Gasteiger partial charge in [0.15, 0.2) is 0 Å². The number of amides is 1. The molecule has 0 saturated heterocycles. The highest BCUT2D eigenvalue weighted by Crippen LogP contribution is 2.19. The van der Waals surface area contributed by atoms with Gasteiger partial charge in [0, 0.05) is 21.2 Å². The summed E-state index contributed by atoms with van der Waals surface area (Å²) in [5, 5.41) is 4.97. The van der Waals surface area contributed by atoms with Crippen molar-refractivity contribution in [2.45, 2.75) is 45.6 Å². The minimum atomic E-state index is 0.167. The summed E-state index contributed by atoms with van der Waals surface area (Å²) in [6, 6.07) is 2.04. The summed E-state index contributed by atoms with van der Waals surface area (Å²) in [6.07, 6.45) is 5.27. The third kappa shape index (κ3) is 5.66. The molecule has 0 radical (unpaired) electrons. The van der Waals surface area contributed by atoms with Crippen molar-refractivity contribution < 1.29 is 4.79 Å². The second-order valence-corrected chi connectivity index (χ2v) is 5.73. The summed E-state index contributed by atoms with van der Waals surface area (Å²) in [4.78, 5) is 12.7. The van der Waals surface area contributed by atoms with Crippen LogP contribution in [0, 0.1) is 0 Å². The monoisotopic (exact) mass is 303 g/mol. The van der Waals surface area contributed by atoms with Gasteiger partial charge in [-0.15, -0.1) is 11.3 Å². The maximum Gasteiger partial charge on any atom is 0.220 e. The van der Waals surface area contributed by atoms with Crippen LogP contribution < -0.4 is 5.32 Å². The van der Waals surface area contributed by atoms with Gasteiger partial charge in [-0.1, -0.05) is 26.2 Å². The van der Waals surface area contributed by atoms with Gasteiger partial charge in [-0.3, -0.25) is 4.79 Å². The van der Waals surface area contributed by atoms with Crippen molar-refractivity contribution >= 4 is 33.2 Å². The first kappa shape index (κ1) is 13.7. The normalized spacial score (nSPS) is 10.4. The van der Waals surface area contributed by atoms with E-state index >= 15 is 0 Å². The van der Waals surface area contributed by atoms with Crippen LogP contribution in [0.4, 0.5) is 0 Å². The number of hydrogen-bond donors (Lipinski definition) is 1. The van der Waals surface area contributed by atoms with Gasteiger partial charge in [-0.05, 0) is 28.4 Å². The molecule has 0 aromatic carbocycles. The lowest BCUT2D eigenvalue weighted by atomic mass is 10.1. The van der Waals surface area contributed by atoms with Crippen molar-refractivity contribution in [3.63, 3.8) is 0 Å². The van der Waals surface area contributed by atoms with Gasteiger partial charge in [0.2, 0.25) is 5.91 Å². The largest absolute Gasteiger partial charge is 0.351 e. The number of hydrogen-bond acceptors (Lipinski definition) is 2. The van der Waals surface area contributed by atoms with Crippen LogP contribution in [0.15, 0.2) is 15.9 Å². The Labute approximate surface area is 110 Å². The highest BCUT2D eigenvalue weighted by Gasteiger charge is 2.02. The predicted molar refractivity (Wildman–Crippen MR) is 72.6 cm³/mol. The molecule has 1 aromatic rings. The Bertz CT molecular complexity index is 325. The Balaban J connectivity index is 2.10. The summed E-state index contributed by atoms with van der Waals surface area (Å²) >= 11 is 5.06. The van der Waals surface area contributed by atoms with Crippen molar-refractivity contribution in [3.05, 3.63) is 20.8 Å². The second-order valence-electron chi connectivity index (χ2n) is 3.82. The summed E-state index contributed by atoms with van der Waals surface area (Å²) in [5.74, 6) is 0.167. The maximum absolute atomic E-state index is 11.5. The van der Waals surface area contributed by atoms with E-state index in [9.17, 15) is 4.79 Å². The molecule has 0 aliphatic rings. The standard InChI is InChI=1S/C12H18BrNOS/c1-2-3-4-5-6-12(15)14-8-11-7-10(13)9-16-11/h7,9H,2-6,8H2,1H3,(H,14,15). The van der Waals surface area contributed by atoms with Crippen LogP contribution in [0.3, 0.4) is 0 Å². The number of unbranched alkanes of at least 4 members (excludes halogenated alkanes) is 3. The van der Waals surface area contributed by atoms with E-state index in [-0.39, 0.29) is 5.91 Å². The molecule has 4 heteroatoms. The average molecular weight is 304 g/mol. The number of nitrogens with one attached hydrogen (secondary N) is 1. The Hall–Kier alpha value is -0.350. The third-order valence-electron chi connectivity index (χ3n) is 2.34. The molecule has 1 heterocycles. The van der Waals surface area contributed by atoms with Crippen LogP contribution in [-0.4, -0.2) is 5.91 Å². The van der Waals surface area contributed by atoms with E-state index in [1.165, 1.54) is 17.7 Å². The van der Waals surface area contributed by atoms with Crippen molar-refractivity contribution in [1.82, 2.24) is 5.32 Å². The number of halogens is 1. The highest BCUT2D eigenvalue weighted by molar-refractivity contribution is 9.10. The molecule has 0 spiro atoms. The van der Waals surface area contributed by atoms with Crippen LogP contribution >= 0.6 is 27.3 Å². The lowest BCUT2D eigenvalue weighted by Gasteiger charge is -2.03. The Kier molecular flexibility index (Phi) is 6.73. The van der Waals surface area contributed by atoms with E-state index in [4.69, 9.17) is 0 Å². The number of thiophene rings is 1. The highest BCUT2D eigenvalue weighted by atomic mass is 79.9. The summed E-state index contributed by atoms with van der Waals surface area (Å²) < 4.78 is 1.09. The lowest BCUT2D eigenvalue weighted by molar-refractivity contribution is -0.121. The van der Waals surface area contributed by atoms with Gasteiger partial charge in [-0.25, -0.2) is 0 Å². The van der Waals surface area contributed by atoms with Crippen molar-refractivity contribution in [3.8, 4) is 0 Å². The Morgan fingerprint density at radius 3 is 2.88 bits per heavy atom. The fourth-order valence-corrected chi connectivity index (χ4v) is 2.82. The van der Waals surface area contributed by atoms with E-state index < -0.39 is 0 Å². The fraction of sp³-hybridized carbons (Fsp3) is 0.583. The molecule has 1 rings (SSSR count).